The summed E-state index contributed by atoms with van der Waals surface area (Å²) in [6.07, 6.45) is 0.916. The second kappa shape index (κ2) is 10.0. The highest BCUT2D eigenvalue weighted by Crippen LogP contribution is 2.59. The average molecular weight is 464 g/mol. The number of para-hydroxylation sites is 1. The summed E-state index contributed by atoms with van der Waals surface area (Å²) >= 11 is 11.9. The lowest BCUT2D eigenvalue weighted by Gasteiger charge is -2.55. The Kier molecular flexibility index (Phi) is 8.49. The summed E-state index contributed by atoms with van der Waals surface area (Å²) in [7, 11) is -3.49. The summed E-state index contributed by atoms with van der Waals surface area (Å²) < 4.78 is 7.56. The average Bonchev–Trinajstić information content (AvgIpc) is 2.65. The van der Waals surface area contributed by atoms with Gasteiger partial charge >= 0.3 is 18.6 Å². The van der Waals surface area contributed by atoms with Crippen molar-refractivity contribution in [2.45, 2.75) is 51.6 Å². The molecule has 0 saturated carbocycles. The lowest BCUT2D eigenvalue weighted by molar-refractivity contribution is -0.0946. The van der Waals surface area contributed by atoms with Crippen molar-refractivity contribution in [2.24, 2.45) is 4.88 Å². The minimum absolute atomic E-state index is 0.286. The molecule has 1 aromatic carbocycles. The van der Waals surface area contributed by atoms with Crippen LogP contribution in [0.1, 0.15) is 40.5 Å². The number of halogens is 2. The van der Waals surface area contributed by atoms with Crippen LogP contribution < -0.4 is 4.52 Å². The predicted octanol–water partition coefficient (Wildman–Crippen LogP) is 4.77. The second-order valence-corrected chi connectivity index (χ2v) is 11.0. The van der Waals surface area contributed by atoms with E-state index in [0.29, 0.717) is 31.7 Å². The van der Waals surface area contributed by atoms with E-state index in [4.69, 9.17) is 27.7 Å². The SMILES string of the molecule is CC1(C)CC(=[N+]=N[P+](O)(Oc2ccccc2)N(CCCl)CCCl)CC(C)(C)N1[O-]. The van der Waals surface area contributed by atoms with Crippen molar-refractivity contribution in [3.63, 3.8) is 0 Å². The molecule has 29 heavy (non-hydrogen) atoms. The molecule has 0 bridgehead atoms. The topological polar surface area (TPSA) is 85.5 Å². The Bertz CT molecular complexity index is 718. The van der Waals surface area contributed by atoms with E-state index in [9.17, 15) is 10.1 Å². The highest BCUT2D eigenvalue weighted by atomic mass is 35.5. The van der Waals surface area contributed by atoms with Gasteiger partial charge in [0.2, 0.25) is 0 Å². The molecule has 0 radical (unpaired) electrons. The lowest BCUT2D eigenvalue weighted by atomic mass is 9.81. The third-order valence-corrected chi connectivity index (χ3v) is 6.95. The summed E-state index contributed by atoms with van der Waals surface area (Å²) in [5.74, 6) is 1.06. The molecular weight excluding hydrogens is 434 g/mol. The number of hydroxylamine groups is 2. The fourth-order valence-electron chi connectivity index (χ4n) is 3.54. The highest BCUT2D eigenvalue weighted by Gasteiger charge is 2.56. The Morgan fingerprint density at radius 3 is 2.14 bits per heavy atom. The number of benzene rings is 1. The predicted molar refractivity (Wildman–Crippen MR) is 120 cm³/mol. The number of nitrogens with zero attached hydrogens (tertiary/aromatic N) is 4. The number of alkyl halides is 2. The van der Waals surface area contributed by atoms with Crippen molar-refractivity contribution in [1.82, 2.24) is 9.73 Å². The van der Waals surface area contributed by atoms with Gasteiger partial charge in [-0.05, 0) is 39.8 Å². The Hall–Kier alpha value is -0.750. The molecular formula is C19H30Cl2N4O3P+. The van der Waals surface area contributed by atoms with Crippen LogP contribution in [0.3, 0.4) is 0 Å². The van der Waals surface area contributed by atoms with Crippen LogP contribution in [-0.2, 0) is 0 Å². The number of hydrogen-bond acceptors (Lipinski definition) is 6. The van der Waals surface area contributed by atoms with E-state index >= 15 is 0 Å². The van der Waals surface area contributed by atoms with Gasteiger partial charge < -0.3 is 10.3 Å². The van der Waals surface area contributed by atoms with Crippen LogP contribution in [0, 0.1) is 5.21 Å². The van der Waals surface area contributed by atoms with Gasteiger partial charge in [-0.25, -0.2) is 0 Å². The van der Waals surface area contributed by atoms with E-state index in [-0.39, 0.29) is 11.8 Å². The van der Waals surface area contributed by atoms with E-state index < -0.39 is 19.1 Å². The molecule has 2 rings (SSSR count). The zero-order valence-corrected chi connectivity index (χ0v) is 19.8. The minimum atomic E-state index is -3.49. The monoisotopic (exact) mass is 463 g/mol. The molecule has 1 fully saturated rings. The first-order valence-corrected chi connectivity index (χ1v) is 12.2. The van der Waals surface area contributed by atoms with Gasteiger partial charge in [0.05, 0.1) is 30.7 Å². The maximum atomic E-state index is 12.6. The van der Waals surface area contributed by atoms with Crippen LogP contribution in [0.2, 0.25) is 0 Å². The third-order valence-electron chi connectivity index (χ3n) is 4.70. The van der Waals surface area contributed by atoms with Gasteiger partial charge in [0.25, 0.3) is 0 Å². The molecule has 1 aliphatic rings. The van der Waals surface area contributed by atoms with Crippen molar-refractivity contribution >= 4 is 36.9 Å². The van der Waals surface area contributed by atoms with Gasteiger partial charge in [0, 0.05) is 22.8 Å². The third kappa shape index (κ3) is 6.36. The first-order chi connectivity index (χ1) is 13.5. The molecule has 0 amide bonds. The molecule has 1 aromatic rings. The lowest BCUT2D eigenvalue weighted by Crippen LogP contribution is -2.58. The van der Waals surface area contributed by atoms with Crippen LogP contribution in [0.4, 0.5) is 0 Å². The molecule has 0 aliphatic carbocycles. The molecule has 0 aromatic heterocycles. The quantitative estimate of drug-likeness (QED) is 0.259. The molecule has 10 heteroatoms. The van der Waals surface area contributed by atoms with Gasteiger partial charge in [-0.1, -0.05) is 22.9 Å². The summed E-state index contributed by atoms with van der Waals surface area (Å²) in [5, 5.41) is 13.7. The normalized spacial score (nSPS) is 20.8. The number of hydrogen-bond donors (Lipinski definition) is 1. The fourth-order valence-corrected chi connectivity index (χ4v) is 5.82. The largest absolute Gasteiger partial charge is 0.784 e. The van der Waals surface area contributed by atoms with Crippen molar-refractivity contribution < 1.29 is 14.2 Å². The Labute approximate surface area is 183 Å². The molecule has 1 aliphatic heterocycles. The van der Waals surface area contributed by atoms with Gasteiger partial charge in [0.1, 0.15) is 0 Å². The van der Waals surface area contributed by atoms with Crippen LogP contribution in [0.15, 0.2) is 35.2 Å². The molecule has 162 valence electrons. The van der Waals surface area contributed by atoms with Gasteiger partial charge in [-0.15, -0.1) is 23.2 Å². The van der Waals surface area contributed by atoms with Gasteiger partial charge in [-0.2, -0.15) is 4.89 Å². The number of piperidine rings is 1. The molecule has 1 atom stereocenters. The molecule has 1 unspecified atom stereocenters. The molecule has 1 N–H and O–H groups in total. The maximum Gasteiger partial charge on any atom is 0.611 e. The molecule has 7 nitrogen and oxygen atoms in total. The van der Waals surface area contributed by atoms with E-state index in [1.807, 2.05) is 45.9 Å². The van der Waals surface area contributed by atoms with Crippen molar-refractivity contribution in [1.29, 1.82) is 0 Å². The number of rotatable bonds is 8. The first kappa shape index (κ1) is 24.5. The van der Waals surface area contributed by atoms with Crippen LogP contribution in [0.25, 0.3) is 0 Å². The smallest absolute Gasteiger partial charge is 0.611 e. The van der Waals surface area contributed by atoms with Crippen LogP contribution in [-0.4, -0.2) is 61.1 Å². The first-order valence-electron chi connectivity index (χ1n) is 9.53. The molecule has 0 spiro atoms. The van der Waals surface area contributed by atoms with E-state index in [2.05, 4.69) is 9.67 Å². The Balaban J connectivity index is 2.43. The highest BCUT2D eigenvalue weighted by molar-refractivity contribution is 7.61. The molecule has 1 saturated heterocycles. The van der Waals surface area contributed by atoms with Crippen molar-refractivity contribution in [3.05, 3.63) is 35.5 Å². The van der Waals surface area contributed by atoms with Crippen LogP contribution in [0.5, 0.6) is 5.75 Å². The van der Waals surface area contributed by atoms with E-state index in [1.165, 1.54) is 0 Å². The summed E-state index contributed by atoms with van der Waals surface area (Å²) in [6, 6.07) is 8.98. The Morgan fingerprint density at radius 2 is 1.66 bits per heavy atom. The summed E-state index contributed by atoms with van der Waals surface area (Å²) in [6.45, 7) is 8.23. The van der Waals surface area contributed by atoms with Crippen molar-refractivity contribution in [3.8, 4) is 5.75 Å². The second-order valence-electron chi connectivity index (χ2n) is 8.28. The minimum Gasteiger partial charge on any atom is -0.784 e. The van der Waals surface area contributed by atoms with Gasteiger partial charge in [-0.3, -0.25) is 4.52 Å². The van der Waals surface area contributed by atoms with Crippen LogP contribution >= 0.6 is 31.2 Å². The summed E-state index contributed by atoms with van der Waals surface area (Å²) in [5.41, 5.74) is -0.475. The van der Waals surface area contributed by atoms with E-state index in [0.717, 1.165) is 10.8 Å². The zero-order chi connectivity index (χ0) is 21.7. The Morgan fingerprint density at radius 1 is 1.14 bits per heavy atom. The maximum absolute atomic E-state index is 12.6. The summed E-state index contributed by atoms with van der Waals surface area (Å²) in [4.78, 5) is 20.1. The van der Waals surface area contributed by atoms with Crippen molar-refractivity contribution in [2.75, 3.05) is 24.8 Å². The van der Waals surface area contributed by atoms with E-state index in [1.54, 1.807) is 16.8 Å². The standard InChI is InChI=1S/C19H30Cl2N4O3P/c1-18(2)14-16(15-19(3,4)25(18)26)22-23-29(27,24(12-10-20)13-11-21)28-17-8-6-5-7-9-17/h5-9,27H,10-15H2,1-4H3/q+1. The van der Waals surface area contributed by atoms with Gasteiger partial charge in [0.15, 0.2) is 5.75 Å². The molecule has 1 heterocycles. The fraction of sp³-hybridized carbons (Fsp3) is 0.632. The zero-order valence-electron chi connectivity index (χ0n) is 17.4.